The van der Waals surface area contributed by atoms with E-state index in [0.717, 1.165) is 117 Å². The van der Waals surface area contributed by atoms with Crippen LogP contribution in [0.25, 0.3) is 17.1 Å². The van der Waals surface area contributed by atoms with Crippen LogP contribution in [0.4, 0.5) is 22.8 Å². The standard InChI is InChI=1S/C37H43FN4O3.C36H38FN5O3.C31H34FN5O.C4H13N3.CH4.ClH/c1-6-25-8-7-9-31(19-25)42-33(18-24(2)41-42)34(43)21-30-20-29(16-17-32(30)38)35(39-22-26-10-11-26)28-14-12-27(13-15-28)23-40-36(44)45-37(3,4)5;1-23-16-32(42(41-23)30-7-5-6-26(17-30)22-40-35(44)45-36(2,3)4)33(43)19-29-18-28(14-15-31(29)37)34(39-21-25-8-9-25)27-12-10-24(20-38)11-13-27;1-20-13-29(37(36-20)27-4-2-3-23(14-27)18-34)30(38)16-26-15-25(11-12-28(26)32)31(35-19-22-5-6-22)24-9-7-21(17-33)8-10-24;5-1-3-7-4-2-6;;/h7-9,12-20,26,35,39H,6,10-11,21-23H2,1-5H3,(H,40,44);5-7,10-18,25,34,39H,8-9,19,21-22H2,1-4H3,(H,40,44);2-4,7-15,22,31,35H,5-6,16-19,33-34H2,1H3;7H,1-6H2;1H4;1H. The predicted octanol–water partition coefficient (Wildman–Crippen LogP) is 18.5. The van der Waals surface area contributed by atoms with Crippen LogP contribution in [0.15, 0.2) is 218 Å². The second-order valence-corrected chi connectivity index (χ2v) is 37.0. The van der Waals surface area contributed by atoms with Crippen LogP contribution in [0, 0.1) is 67.3 Å². The van der Waals surface area contributed by atoms with E-state index < -0.39 is 40.8 Å². The zero-order valence-electron chi connectivity index (χ0n) is 79.4. The molecule has 724 valence electrons. The number of nitrogens with two attached hydrogens (primary N) is 4. The minimum absolute atomic E-state index is 0. The summed E-state index contributed by atoms with van der Waals surface area (Å²) >= 11 is 0. The number of nitrogens with zero attached hydrogens (tertiary/aromatic N) is 7. The van der Waals surface area contributed by atoms with Crippen LogP contribution in [-0.4, -0.2) is 116 Å². The van der Waals surface area contributed by atoms with Crippen molar-refractivity contribution < 1.29 is 46.6 Å². The van der Waals surface area contributed by atoms with Gasteiger partial charge < -0.3 is 64.3 Å². The lowest BCUT2D eigenvalue weighted by atomic mass is 9.94. The summed E-state index contributed by atoms with van der Waals surface area (Å²) in [6.45, 7) is 25.6. The normalized spacial score (nSPS) is 13.4. The molecule has 0 radical (unpaired) electrons. The van der Waals surface area contributed by atoms with Gasteiger partial charge in [0.15, 0.2) is 17.3 Å². The van der Waals surface area contributed by atoms with E-state index in [-0.39, 0.29) is 81.1 Å². The molecule has 28 heteroatoms. The lowest BCUT2D eigenvalue weighted by Gasteiger charge is -2.22. The van der Waals surface area contributed by atoms with Crippen LogP contribution in [0.3, 0.4) is 0 Å². The Morgan fingerprint density at radius 3 is 1.07 bits per heavy atom. The number of hydrogen-bond acceptors (Lipinski definition) is 19. The van der Waals surface area contributed by atoms with E-state index in [1.807, 2.05) is 162 Å². The van der Waals surface area contributed by atoms with Crippen molar-refractivity contribution in [3.8, 4) is 23.1 Å². The molecule has 2 amide bonds. The quantitative estimate of drug-likeness (QED) is 0.0127. The molecule has 24 nitrogen and oxygen atoms in total. The summed E-state index contributed by atoms with van der Waals surface area (Å²) in [5.41, 5.74) is 38.5. The van der Waals surface area contributed by atoms with E-state index >= 15 is 13.2 Å². The van der Waals surface area contributed by atoms with Crippen molar-refractivity contribution >= 4 is 41.9 Å². The fraction of sp³-hybridized carbons (Fsp3) is 0.367. The third-order valence-corrected chi connectivity index (χ3v) is 23.2. The number of rotatable bonds is 38. The second kappa shape index (κ2) is 50.5. The van der Waals surface area contributed by atoms with E-state index in [1.54, 1.807) is 102 Å². The maximum absolute atomic E-state index is 15.2. The zero-order chi connectivity index (χ0) is 96.5. The molecule has 3 aliphatic rings. The summed E-state index contributed by atoms with van der Waals surface area (Å²) in [6.07, 6.45) is 6.84. The Balaban J connectivity index is 0.000000204. The summed E-state index contributed by atoms with van der Waals surface area (Å²) in [4.78, 5) is 65.1. The van der Waals surface area contributed by atoms with Crippen LogP contribution in [0.2, 0.25) is 0 Å². The Kier molecular flexibility index (Phi) is 39.2. The van der Waals surface area contributed by atoms with E-state index in [2.05, 4.69) is 72.3 Å². The number of ketones is 3. The third-order valence-electron chi connectivity index (χ3n) is 23.2. The number of alkyl carbamates (subject to hydrolysis) is 2. The van der Waals surface area contributed by atoms with Crippen molar-refractivity contribution in [1.82, 2.24) is 61.2 Å². The van der Waals surface area contributed by atoms with Gasteiger partial charge >= 0.3 is 12.2 Å². The van der Waals surface area contributed by atoms with Crippen LogP contribution in [0.5, 0.6) is 0 Å². The smallest absolute Gasteiger partial charge is 0.407 e. The van der Waals surface area contributed by atoms with Gasteiger partial charge in [-0.1, -0.05) is 148 Å². The number of Topliss-reactive ketones (excluding diaryl/α,β-unsaturated/α-hetero) is 3. The molecule has 3 atom stereocenters. The molecule has 3 heterocycles. The van der Waals surface area contributed by atoms with Crippen molar-refractivity contribution in [1.29, 1.82) is 5.26 Å². The average Bonchev–Trinajstić information content (AvgIpc) is 1.52. The van der Waals surface area contributed by atoms with Crippen molar-refractivity contribution in [2.45, 2.75) is 196 Å². The summed E-state index contributed by atoms with van der Waals surface area (Å²) in [5, 5.41) is 42.4. The highest BCUT2D eigenvalue weighted by Gasteiger charge is 2.31. The fourth-order valence-electron chi connectivity index (χ4n) is 15.6. The number of hydrogen-bond donors (Lipinski definition) is 10. The highest BCUT2D eigenvalue weighted by atomic mass is 35.5. The van der Waals surface area contributed by atoms with Crippen LogP contribution in [-0.2, 0) is 61.3 Å². The lowest BCUT2D eigenvalue weighted by Crippen LogP contribution is -2.32. The summed E-state index contributed by atoms with van der Waals surface area (Å²) < 4.78 is 61.0. The highest BCUT2D eigenvalue weighted by Crippen LogP contribution is 2.36. The largest absolute Gasteiger partial charge is 0.444 e. The van der Waals surface area contributed by atoms with Crippen molar-refractivity contribution in [3.63, 3.8) is 0 Å². The molecular weight excluding hydrogens is 1750 g/mol. The van der Waals surface area contributed by atoms with Gasteiger partial charge in [0.1, 0.15) is 45.7 Å². The minimum Gasteiger partial charge on any atom is -0.444 e. The second-order valence-electron chi connectivity index (χ2n) is 37.0. The maximum atomic E-state index is 15.2. The number of carbonyl (C=O) groups excluding carboxylic acids is 5. The predicted molar refractivity (Wildman–Crippen MR) is 536 cm³/mol. The Bertz CT molecular complexity index is 6060. The van der Waals surface area contributed by atoms with Gasteiger partial charge in [0.25, 0.3) is 0 Å². The first-order valence-electron chi connectivity index (χ1n) is 46.6. The van der Waals surface area contributed by atoms with Gasteiger partial charge in [-0.25, -0.2) is 36.8 Å². The average molecular weight is 1890 g/mol. The SMILES string of the molecule is C.CCc1cccc(-n2nc(C)cc2C(=O)Cc2cc(C(NCC3CC3)c3ccc(CNC(=O)OC(C)(C)C)cc3)ccc2F)c1.Cc1cc(C(=O)Cc2cc(C(NCC3CC3)c3ccc(C#N)cc3)ccc2F)n(-c2cccc(CNC(=O)OC(C)(C)C)c2)n1.Cc1cc(C(=O)Cc2cc(C(NCC3CC3)c3ccc(CN)cc3)ccc2F)n(-c2cccc(CN)c2)n1.Cl.NCCNCCN. The fourth-order valence-corrected chi connectivity index (χ4v) is 15.6. The van der Waals surface area contributed by atoms with Gasteiger partial charge in [-0.2, -0.15) is 20.6 Å². The number of nitriles is 1. The zero-order valence-corrected chi connectivity index (χ0v) is 80.3. The van der Waals surface area contributed by atoms with Crippen molar-refractivity contribution in [2.24, 2.45) is 40.7 Å². The number of halogens is 4. The Morgan fingerprint density at radius 1 is 0.423 bits per heavy atom. The maximum Gasteiger partial charge on any atom is 0.407 e. The van der Waals surface area contributed by atoms with Crippen LogP contribution >= 0.6 is 12.4 Å². The molecule has 0 aliphatic heterocycles. The number of aryl methyl sites for hydroxylation is 4. The lowest BCUT2D eigenvalue weighted by molar-refractivity contribution is 0.0512. The number of nitrogens with one attached hydrogen (secondary N) is 6. The molecule has 3 aliphatic carbocycles. The third kappa shape index (κ3) is 32.0. The number of carbonyl (C=O) groups is 5. The first kappa shape index (κ1) is 106. The summed E-state index contributed by atoms with van der Waals surface area (Å²) in [5.74, 6) is 0.0251. The molecule has 3 unspecified atom stereocenters. The molecule has 12 aromatic rings. The topological polar surface area (TPSA) is 357 Å². The molecule has 3 aromatic heterocycles. The van der Waals surface area contributed by atoms with Gasteiger partial charge in [0.2, 0.25) is 0 Å². The molecule has 137 heavy (non-hydrogen) atoms. The Labute approximate surface area is 809 Å². The molecule has 3 saturated carbocycles. The molecular formula is C109H133ClF3N17O7. The van der Waals surface area contributed by atoms with E-state index in [1.165, 1.54) is 56.7 Å². The molecule has 15 rings (SSSR count). The van der Waals surface area contributed by atoms with Crippen LogP contribution < -0.4 is 54.8 Å². The molecule has 0 saturated heterocycles. The number of benzene rings is 9. The molecule has 9 aromatic carbocycles. The highest BCUT2D eigenvalue weighted by molar-refractivity contribution is 5.98. The summed E-state index contributed by atoms with van der Waals surface area (Å²) in [7, 11) is 0. The molecule has 0 bridgehead atoms. The van der Waals surface area contributed by atoms with Crippen LogP contribution in [0.1, 0.15) is 245 Å². The number of amides is 2. The monoisotopic (exact) mass is 1880 g/mol. The number of ether oxygens (including phenoxy) is 2. The Morgan fingerprint density at radius 2 is 0.737 bits per heavy atom. The van der Waals surface area contributed by atoms with Gasteiger partial charge in [-0.15, -0.1) is 12.4 Å². The molecule has 14 N–H and O–H groups in total. The van der Waals surface area contributed by atoms with E-state index in [4.69, 9.17) is 32.4 Å². The Hall–Kier alpha value is -12.6. The summed E-state index contributed by atoms with van der Waals surface area (Å²) in [6, 6.07) is 68.4. The number of aromatic nitrogens is 6. The van der Waals surface area contributed by atoms with Gasteiger partial charge in [0.05, 0.1) is 63.9 Å². The molecule has 0 spiro atoms. The van der Waals surface area contributed by atoms with Gasteiger partial charge in [-0.3, -0.25) is 14.4 Å². The van der Waals surface area contributed by atoms with Gasteiger partial charge in [0, 0.05) is 71.6 Å². The first-order valence-corrected chi connectivity index (χ1v) is 46.6. The van der Waals surface area contributed by atoms with Crippen molar-refractivity contribution in [3.05, 3.63) is 353 Å². The minimum atomic E-state index is -0.607. The van der Waals surface area contributed by atoms with E-state index in [9.17, 15) is 29.2 Å². The van der Waals surface area contributed by atoms with E-state index in [0.29, 0.717) is 107 Å². The first-order chi connectivity index (χ1) is 64.8. The van der Waals surface area contributed by atoms with Crippen molar-refractivity contribution in [2.75, 3.05) is 45.8 Å². The van der Waals surface area contributed by atoms with Gasteiger partial charge in [-0.05, 0) is 307 Å². The molecule has 3 fully saturated rings.